The number of nitrogens with one attached hydrogen (secondary N) is 1. The lowest BCUT2D eigenvalue weighted by Gasteiger charge is -1.99. The molecule has 2 rings (SSSR count). The van der Waals surface area contributed by atoms with Crippen LogP contribution in [0.3, 0.4) is 0 Å². The van der Waals surface area contributed by atoms with Crippen molar-refractivity contribution in [3.8, 4) is 0 Å². The Morgan fingerprint density at radius 3 is 3.08 bits per heavy atom. The molecule has 2 aromatic rings. The molecule has 2 nitrogen and oxygen atoms in total. The van der Waals surface area contributed by atoms with Gasteiger partial charge < -0.3 is 4.98 Å². The molecule has 2 aromatic heterocycles. The Hall–Kier alpha value is -1.31. The molecule has 0 fully saturated rings. The van der Waals surface area contributed by atoms with E-state index in [0.717, 1.165) is 17.8 Å². The van der Waals surface area contributed by atoms with E-state index >= 15 is 0 Å². The summed E-state index contributed by atoms with van der Waals surface area (Å²) in [7, 11) is 0. The van der Waals surface area contributed by atoms with E-state index < -0.39 is 0 Å². The van der Waals surface area contributed by atoms with Crippen molar-refractivity contribution in [2.24, 2.45) is 0 Å². The first-order valence-electron chi connectivity index (χ1n) is 4.25. The molecule has 0 radical (unpaired) electrons. The normalized spacial score (nSPS) is 10.8. The van der Waals surface area contributed by atoms with Crippen molar-refractivity contribution in [3.63, 3.8) is 0 Å². The highest BCUT2D eigenvalue weighted by Crippen LogP contribution is 2.16. The fourth-order valence-electron chi connectivity index (χ4n) is 1.46. The number of H-pyrrole nitrogens is 1. The first kappa shape index (κ1) is 7.35. The third kappa shape index (κ3) is 0.998. The minimum Gasteiger partial charge on any atom is -0.346 e. The molecular formula is C10H12N2. The number of hydrogen-bond acceptors (Lipinski definition) is 1. The summed E-state index contributed by atoms with van der Waals surface area (Å²) >= 11 is 0. The zero-order chi connectivity index (χ0) is 8.55. The molecule has 0 saturated heterocycles. The maximum absolute atomic E-state index is 4.46. The van der Waals surface area contributed by atoms with Gasteiger partial charge in [-0.1, -0.05) is 6.92 Å². The number of rotatable bonds is 1. The number of pyridine rings is 1. The number of hydrogen-bond donors (Lipinski definition) is 1. The fourth-order valence-corrected chi connectivity index (χ4v) is 1.46. The molecule has 2 heterocycles. The molecular weight excluding hydrogens is 148 g/mol. The SMILES string of the molecule is CCc1cc(C)c2cc[nH]c2n1. The van der Waals surface area contributed by atoms with Crippen LogP contribution in [0.2, 0.25) is 0 Å². The predicted octanol–water partition coefficient (Wildman–Crippen LogP) is 2.43. The van der Waals surface area contributed by atoms with E-state index in [0.29, 0.717) is 0 Å². The zero-order valence-corrected chi connectivity index (χ0v) is 7.39. The maximum atomic E-state index is 4.46. The van der Waals surface area contributed by atoms with E-state index in [-0.39, 0.29) is 0 Å². The van der Waals surface area contributed by atoms with Gasteiger partial charge in [-0.25, -0.2) is 4.98 Å². The summed E-state index contributed by atoms with van der Waals surface area (Å²) in [5.74, 6) is 0. The van der Waals surface area contributed by atoms with Crippen molar-refractivity contribution < 1.29 is 0 Å². The van der Waals surface area contributed by atoms with Crippen molar-refractivity contribution in [1.29, 1.82) is 0 Å². The number of aromatic nitrogens is 2. The first-order valence-corrected chi connectivity index (χ1v) is 4.25. The van der Waals surface area contributed by atoms with E-state index in [4.69, 9.17) is 0 Å². The topological polar surface area (TPSA) is 28.7 Å². The van der Waals surface area contributed by atoms with Crippen molar-refractivity contribution in [2.45, 2.75) is 20.3 Å². The standard InChI is InChI=1S/C10H12N2/c1-3-8-6-7(2)9-4-5-11-10(9)12-8/h4-6H,3H2,1-2H3,(H,11,12). The lowest BCUT2D eigenvalue weighted by molar-refractivity contribution is 1.04. The summed E-state index contributed by atoms with van der Waals surface area (Å²) in [6.45, 7) is 4.24. The summed E-state index contributed by atoms with van der Waals surface area (Å²) in [4.78, 5) is 7.58. The van der Waals surface area contributed by atoms with Crippen LogP contribution in [-0.4, -0.2) is 9.97 Å². The second kappa shape index (κ2) is 2.63. The van der Waals surface area contributed by atoms with Crippen LogP contribution >= 0.6 is 0 Å². The zero-order valence-electron chi connectivity index (χ0n) is 7.39. The first-order chi connectivity index (χ1) is 5.81. The molecule has 0 bridgehead atoms. The van der Waals surface area contributed by atoms with Gasteiger partial charge in [-0.3, -0.25) is 0 Å². The summed E-state index contributed by atoms with van der Waals surface area (Å²) < 4.78 is 0. The molecule has 0 atom stereocenters. The van der Waals surface area contributed by atoms with Crippen LogP contribution in [0.1, 0.15) is 18.2 Å². The second-order valence-electron chi connectivity index (χ2n) is 3.02. The Balaban J connectivity index is 2.75. The highest BCUT2D eigenvalue weighted by molar-refractivity contribution is 5.79. The number of aromatic amines is 1. The van der Waals surface area contributed by atoms with E-state index in [1.54, 1.807) is 0 Å². The monoisotopic (exact) mass is 160 g/mol. The molecule has 0 aliphatic carbocycles. The van der Waals surface area contributed by atoms with E-state index in [9.17, 15) is 0 Å². The van der Waals surface area contributed by atoms with Gasteiger partial charge in [0.15, 0.2) is 0 Å². The van der Waals surface area contributed by atoms with Crippen LogP contribution < -0.4 is 0 Å². The largest absolute Gasteiger partial charge is 0.346 e. The summed E-state index contributed by atoms with van der Waals surface area (Å²) in [6.07, 6.45) is 2.93. The summed E-state index contributed by atoms with van der Waals surface area (Å²) in [5.41, 5.74) is 3.47. The van der Waals surface area contributed by atoms with E-state index in [1.807, 2.05) is 6.20 Å². The molecule has 2 heteroatoms. The second-order valence-corrected chi connectivity index (χ2v) is 3.02. The van der Waals surface area contributed by atoms with Crippen LogP contribution in [0.4, 0.5) is 0 Å². The van der Waals surface area contributed by atoms with E-state index in [2.05, 4.69) is 35.9 Å². The van der Waals surface area contributed by atoms with Gasteiger partial charge in [0.05, 0.1) is 0 Å². The molecule has 0 aliphatic heterocycles. The molecule has 1 N–H and O–H groups in total. The maximum Gasteiger partial charge on any atom is 0.137 e. The van der Waals surface area contributed by atoms with Crippen molar-refractivity contribution in [2.75, 3.05) is 0 Å². The van der Waals surface area contributed by atoms with Gasteiger partial charge in [-0.05, 0) is 31.0 Å². The minimum atomic E-state index is 0.996. The van der Waals surface area contributed by atoms with Gasteiger partial charge in [-0.2, -0.15) is 0 Å². The third-order valence-corrected chi connectivity index (χ3v) is 2.15. The van der Waals surface area contributed by atoms with Gasteiger partial charge in [0.25, 0.3) is 0 Å². The van der Waals surface area contributed by atoms with Gasteiger partial charge in [-0.15, -0.1) is 0 Å². The number of nitrogens with zero attached hydrogens (tertiary/aromatic N) is 1. The Morgan fingerprint density at radius 1 is 1.50 bits per heavy atom. The van der Waals surface area contributed by atoms with Gasteiger partial charge in [0.2, 0.25) is 0 Å². The number of fused-ring (bicyclic) bond motifs is 1. The highest BCUT2D eigenvalue weighted by Gasteiger charge is 2.00. The molecule has 0 aromatic carbocycles. The fraction of sp³-hybridized carbons (Fsp3) is 0.300. The van der Waals surface area contributed by atoms with Crippen molar-refractivity contribution in [1.82, 2.24) is 9.97 Å². The summed E-state index contributed by atoms with van der Waals surface area (Å²) in [5, 5.41) is 1.23. The van der Waals surface area contributed by atoms with Gasteiger partial charge >= 0.3 is 0 Å². The van der Waals surface area contributed by atoms with Crippen LogP contribution in [-0.2, 0) is 6.42 Å². The van der Waals surface area contributed by atoms with E-state index in [1.165, 1.54) is 10.9 Å². The average Bonchev–Trinajstić information content (AvgIpc) is 2.52. The molecule has 0 saturated carbocycles. The van der Waals surface area contributed by atoms with Crippen LogP contribution in [0.5, 0.6) is 0 Å². The molecule has 0 aliphatic rings. The smallest absolute Gasteiger partial charge is 0.137 e. The minimum absolute atomic E-state index is 0.996. The van der Waals surface area contributed by atoms with Crippen LogP contribution in [0.15, 0.2) is 18.3 Å². The Bertz CT molecular complexity index is 401. The lowest BCUT2D eigenvalue weighted by Crippen LogP contribution is -1.89. The Kier molecular flexibility index (Phi) is 1.61. The highest BCUT2D eigenvalue weighted by atomic mass is 14.8. The van der Waals surface area contributed by atoms with Crippen molar-refractivity contribution >= 4 is 11.0 Å². The molecule has 12 heavy (non-hydrogen) atoms. The molecule has 0 spiro atoms. The van der Waals surface area contributed by atoms with Crippen LogP contribution in [0, 0.1) is 6.92 Å². The molecule has 62 valence electrons. The Labute approximate surface area is 71.6 Å². The van der Waals surface area contributed by atoms with Crippen LogP contribution in [0.25, 0.3) is 11.0 Å². The average molecular weight is 160 g/mol. The van der Waals surface area contributed by atoms with Crippen molar-refractivity contribution in [3.05, 3.63) is 29.6 Å². The quantitative estimate of drug-likeness (QED) is 0.682. The summed E-state index contributed by atoms with van der Waals surface area (Å²) in [6, 6.07) is 4.22. The third-order valence-electron chi connectivity index (χ3n) is 2.15. The lowest BCUT2D eigenvalue weighted by atomic mass is 10.1. The molecule has 0 amide bonds. The Morgan fingerprint density at radius 2 is 2.33 bits per heavy atom. The van der Waals surface area contributed by atoms with Gasteiger partial charge in [0, 0.05) is 17.3 Å². The van der Waals surface area contributed by atoms with Gasteiger partial charge in [0.1, 0.15) is 5.65 Å². The number of aryl methyl sites for hydroxylation is 2. The predicted molar refractivity (Wildman–Crippen MR) is 50.2 cm³/mol. The molecule has 0 unspecified atom stereocenters.